The molecule has 0 N–H and O–H groups in total. The second-order valence-corrected chi connectivity index (χ2v) is 6.20. The van der Waals surface area contributed by atoms with Crippen LogP contribution in [0.1, 0.15) is 19.0 Å². The number of non-ortho nitro benzene ring substituents is 1. The number of piperidine rings is 1. The average Bonchev–Trinajstić information content (AvgIpc) is 2.53. The van der Waals surface area contributed by atoms with E-state index < -0.39 is 0 Å². The van der Waals surface area contributed by atoms with Crippen LogP contribution in [0.15, 0.2) is 24.3 Å². The summed E-state index contributed by atoms with van der Waals surface area (Å²) in [4.78, 5) is 17.6. The summed E-state index contributed by atoms with van der Waals surface area (Å²) in [6.45, 7) is 5.79. The molecule has 0 amide bonds. The minimum absolute atomic E-state index is 0.0566. The number of fused-ring (bicyclic) bond motifs is 1. The molecule has 1 aliphatic heterocycles. The summed E-state index contributed by atoms with van der Waals surface area (Å²) in [5.74, 6) is 0.514. The van der Waals surface area contributed by atoms with Crippen LogP contribution >= 0.6 is 0 Å². The second-order valence-electron chi connectivity index (χ2n) is 6.20. The predicted octanol–water partition coefficient (Wildman–Crippen LogP) is 3.31. The van der Waals surface area contributed by atoms with E-state index in [2.05, 4.69) is 16.8 Å². The molecule has 122 valence electrons. The van der Waals surface area contributed by atoms with Crippen molar-refractivity contribution in [3.05, 3.63) is 40.1 Å². The van der Waals surface area contributed by atoms with Gasteiger partial charge in [-0.2, -0.15) is 0 Å². The summed E-state index contributed by atoms with van der Waals surface area (Å²) in [6.07, 6.45) is 1.21. The molecular weight excluding hydrogens is 294 g/mol. The number of ether oxygens (including phenoxy) is 1. The van der Waals surface area contributed by atoms with Crippen LogP contribution < -0.4 is 4.90 Å². The molecule has 2 unspecified atom stereocenters. The highest BCUT2D eigenvalue weighted by molar-refractivity contribution is 5.97. The molecule has 0 aliphatic carbocycles. The number of aromatic nitrogens is 1. The van der Waals surface area contributed by atoms with Crippen molar-refractivity contribution in [1.29, 1.82) is 0 Å². The van der Waals surface area contributed by atoms with Crippen molar-refractivity contribution in [3.8, 4) is 0 Å². The van der Waals surface area contributed by atoms with Gasteiger partial charge in [-0.3, -0.25) is 10.1 Å². The van der Waals surface area contributed by atoms with E-state index in [0.29, 0.717) is 11.4 Å². The summed E-state index contributed by atoms with van der Waals surface area (Å²) in [6, 6.07) is 7.15. The SMILES string of the molecule is COC1CN(c2cc(C)nc3c([N+](=O)[O-])cccc23)CCC1C. The van der Waals surface area contributed by atoms with E-state index >= 15 is 0 Å². The number of hydrogen-bond donors (Lipinski definition) is 0. The third-order valence-corrected chi connectivity index (χ3v) is 4.65. The monoisotopic (exact) mass is 315 g/mol. The van der Waals surface area contributed by atoms with Gasteiger partial charge in [-0.15, -0.1) is 0 Å². The summed E-state index contributed by atoms with van der Waals surface area (Å²) in [7, 11) is 1.74. The van der Waals surface area contributed by atoms with Gasteiger partial charge in [0.2, 0.25) is 0 Å². The molecule has 2 aromatic rings. The minimum Gasteiger partial charge on any atom is -0.379 e. The van der Waals surface area contributed by atoms with Crippen molar-refractivity contribution in [2.24, 2.45) is 5.92 Å². The highest BCUT2D eigenvalue weighted by Crippen LogP contribution is 2.34. The van der Waals surface area contributed by atoms with E-state index in [0.717, 1.165) is 36.3 Å². The normalized spacial score (nSPS) is 21.6. The number of aryl methyl sites for hydroxylation is 1. The summed E-state index contributed by atoms with van der Waals surface area (Å²) in [5.41, 5.74) is 2.31. The number of rotatable bonds is 3. The molecule has 1 aromatic carbocycles. The number of nitrogens with zero attached hydrogens (tertiary/aromatic N) is 3. The molecule has 2 heterocycles. The van der Waals surface area contributed by atoms with E-state index in [1.54, 1.807) is 13.2 Å². The fourth-order valence-electron chi connectivity index (χ4n) is 3.31. The smallest absolute Gasteiger partial charge is 0.295 e. The maximum absolute atomic E-state index is 11.3. The summed E-state index contributed by atoms with van der Waals surface area (Å²) in [5, 5.41) is 12.1. The molecule has 0 spiro atoms. The van der Waals surface area contributed by atoms with Crippen LogP contribution in [0.25, 0.3) is 10.9 Å². The minimum atomic E-state index is -0.366. The lowest BCUT2D eigenvalue weighted by atomic mass is 9.95. The molecule has 1 saturated heterocycles. The van der Waals surface area contributed by atoms with Gasteiger partial charge in [0.1, 0.15) is 0 Å². The van der Waals surface area contributed by atoms with Crippen molar-refractivity contribution >= 4 is 22.3 Å². The van der Waals surface area contributed by atoms with Gasteiger partial charge in [0.05, 0.1) is 11.0 Å². The van der Waals surface area contributed by atoms with Crippen LogP contribution in [0.4, 0.5) is 11.4 Å². The van der Waals surface area contributed by atoms with Gasteiger partial charge in [-0.1, -0.05) is 19.1 Å². The standard InChI is InChI=1S/C17H21N3O3/c1-11-7-8-19(10-16(11)23-3)15-9-12(2)18-17-13(15)5-4-6-14(17)20(21)22/h4-6,9,11,16H,7-8,10H2,1-3H3. The van der Waals surface area contributed by atoms with Crippen molar-refractivity contribution in [2.45, 2.75) is 26.4 Å². The van der Waals surface area contributed by atoms with E-state index in [-0.39, 0.29) is 16.7 Å². The zero-order valence-corrected chi connectivity index (χ0v) is 13.7. The molecule has 6 heteroatoms. The Morgan fingerprint density at radius 2 is 2.22 bits per heavy atom. The van der Waals surface area contributed by atoms with Crippen LogP contribution in [-0.4, -0.2) is 36.2 Å². The van der Waals surface area contributed by atoms with Crippen LogP contribution in [0.3, 0.4) is 0 Å². The Bertz CT molecular complexity index is 747. The number of anilines is 1. The van der Waals surface area contributed by atoms with Gasteiger partial charge < -0.3 is 9.64 Å². The Hall–Kier alpha value is -2.21. The quantitative estimate of drug-likeness (QED) is 0.642. The average molecular weight is 315 g/mol. The third kappa shape index (κ3) is 2.86. The molecule has 1 fully saturated rings. The van der Waals surface area contributed by atoms with Crippen LogP contribution in [0.5, 0.6) is 0 Å². The first-order chi connectivity index (χ1) is 11.0. The number of hydrogen-bond acceptors (Lipinski definition) is 5. The fourth-order valence-corrected chi connectivity index (χ4v) is 3.31. The number of methoxy groups -OCH3 is 1. The molecule has 3 rings (SSSR count). The van der Waals surface area contributed by atoms with Gasteiger partial charge in [-0.25, -0.2) is 4.98 Å². The molecule has 23 heavy (non-hydrogen) atoms. The summed E-state index contributed by atoms with van der Waals surface area (Å²) < 4.78 is 5.59. The Morgan fingerprint density at radius 3 is 2.91 bits per heavy atom. The lowest BCUT2D eigenvalue weighted by molar-refractivity contribution is -0.383. The number of pyridine rings is 1. The molecular formula is C17H21N3O3. The molecule has 6 nitrogen and oxygen atoms in total. The maximum Gasteiger partial charge on any atom is 0.295 e. The number of benzene rings is 1. The highest BCUT2D eigenvalue weighted by Gasteiger charge is 2.28. The van der Waals surface area contributed by atoms with E-state index in [9.17, 15) is 10.1 Å². The lowest BCUT2D eigenvalue weighted by Crippen LogP contribution is -2.44. The molecule has 2 atom stereocenters. The molecule has 1 aromatic heterocycles. The van der Waals surface area contributed by atoms with Crippen molar-refractivity contribution in [3.63, 3.8) is 0 Å². The van der Waals surface area contributed by atoms with Crippen molar-refractivity contribution in [2.75, 3.05) is 25.1 Å². The summed E-state index contributed by atoms with van der Waals surface area (Å²) >= 11 is 0. The van der Waals surface area contributed by atoms with Gasteiger partial charge in [0, 0.05) is 43.0 Å². The Morgan fingerprint density at radius 1 is 1.43 bits per heavy atom. The van der Waals surface area contributed by atoms with Crippen molar-refractivity contribution in [1.82, 2.24) is 4.98 Å². The first kappa shape index (κ1) is 15.7. The zero-order chi connectivity index (χ0) is 16.6. The first-order valence-electron chi connectivity index (χ1n) is 7.83. The molecule has 0 bridgehead atoms. The topological polar surface area (TPSA) is 68.5 Å². The third-order valence-electron chi connectivity index (χ3n) is 4.65. The van der Waals surface area contributed by atoms with Crippen LogP contribution in [0, 0.1) is 23.0 Å². The Labute approximate surface area is 135 Å². The number of nitro groups is 1. The number of nitro benzene ring substituents is 1. The number of para-hydroxylation sites is 1. The molecule has 1 aliphatic rings. The van der Waals surface area contributed by atoms with Crippen molar-refractivity contribution < 1.29 is 9.66 Å². The first-order valence-corrected chi connectivity index (χ1v) is 7.83. The van der Waals surface area contributed by atoms with Gasteiger partial charge >= 0.3 is 0 Å². The van der Waals surface area contributed by atoms with Crippen LogP contribution in [-0.2, 0) is 4.74 Å². The van der Waals surface area contributed by atoms with Gasteiger partial charge in [0.15, 0.2) is 5.52 Å². The second kappa shape index (κ2) is 6.12. The van der Waals surface area contributed by atoms with Gasteiger partial charge in [-0.05, 0) is 25.3 Å². The predicted molar refractivity (Wildman–Crippen MR) is 89.9 cm³/mol. The van der Waals surface area contributed by atoms with Crippen LogP contribution in [0.2, 0.25) is 0 Å². The Balaban J connectivity index is 2.11. The molecule has 0 saturated carbocycles. The van der Waals surface area contributed by atoms with E-state index in [1.807, 2.05) is 19.1 Å². The Kier molecular flexibility index (Phi) is 4.17. The largest absolute Gasteiger partial charge is 0.379 e. The highest BCUT2D eigenvalue weighted by atomic mass is 16.6. The lowest BCUT2D eigenvalue weighted by Gasteiger charge is -2.38. The van der Waals surface area contributed by atoms with E-state index in [4.69, 9.17) is 4.74 Å². The fraction of sp³-hybridized carbons (Fsp3) is 0.471. The maximum atomic E-state index is 11.3. The zero-order valence-electron chi connectivity index (χ0n) is 13.7. The molecule has 0 radical (unpaired) electrons. The van der Waals surface area contributed by atoms with E-state index in [1.165, 1.54) is 6.07 Å². The van der Waals surface area contributed by atoms with Gasteiger partial charge in [0.25, 0.3) is 5.69 Å².